The molecule has 2 heterocycles. The molecule has 1 aliphatic heterocycles. The van der Waals surface area contributed by atoms with E-state index in [2.05, 4.69) is 20.5 Å². The Bertz CT molecular complexity index is 1670. The first kappa shape index (κ1) is 31.4. The molecule has 2 aromatic carbocycles. The molecule has 4 atom stereocenters. The lowest BCUT2D eigenvalue weighted by Gasteiger charge is -2.36. The second-order valence-electron chi connectivity index (χ2n) is 13.3. The normalized spacial score (nSPS) is 21.2. The molecular formula is C34H41N9O3. The maximum Gasteiger partial charge on any atom is 0.301 e. The SMILES string of the molecule is [C-]#[N+][C@@H]1C[C@@H]2C[C@@H]2N1C(=O)CN[C@H](C)CC1(c2nnn(C)n2)c2ccc(C(=O)N(C)C)cc2CCc2cc(C(=O)N(C)C)ccc21. The van der Waals surface area contributed by atoms with E-state index in [-0.39, 0.29) is 42.5 Å². The van der Waals surface area contributed by atoms with Crippen molar-refractivity contribution >= 4 is 17.7 Å². The molecule has 2 fully saturated rings. The van der Waals surface area contributed by atoms with Gasteiger partial charge in [0, 0.05) is 57.8 Å². The Balaban J connectivity index is 1.44. The van der Waals surface area contributed by atoms with E-state index in [0.717, 1.165) is 35.1 Å². The van der Waals surface area contributed by atoms with Gasteiger partial charge in [-0.3, -0.25) is 24.1 Å². The second kappa shape index (κ2) is 11.9. The summed E-state index contributed by atoms with van der Waals surface area (Å²) in [5.41, 5.74) is 4.21. The maximum absolute atomic E-state index is 13.4. The van der Waals surface area contributed by atoms with Crippen molar-refractivity contribution in [3.8, 4) is 0 Å². The summed E-state index contributed by atoms with van der Waals surface area (Å²) in [5, 5.41) is 17.1. The van der Waals surface area contributed by atoms with Crippen LogP contribution in [-0.4, -0.2) is 106 Å². The number of hydrogen-bond acceptors (Lipinski definition) is 7. The number of aromatic nitrogens is 4. The number of fused-ring (bicyclic) bond motifs is 3. The van der Waals surface area contributed by atoms with Gasteiger partial charge in [-0.2, -0.15) is 4.80 Å². The third-order valence-corrected chi connectivity index (χ3v) is 9.72. The zero-order valence-corrected chi connectivity index (χ0v) is 27.3. The minimum atomic E-state index is -0.904. The van der Waals surface area contributed by atoms with Crippen LogP contribution < -0.4 is 5.32 Å². The lowest BCUT2D eigenvalue weighted by Crippen LogP contribution is -2.46. The topological polar surface area (TPSA) is 121 Å². The maximum atomic E-state index is 13.4. The van der Waals surface area contributed by atoms with Gasteiger partial charge in [0.05, 0.1) is 19.0 Å². The van der Waals surface area contributed by atoms with Crippen LogP contribution >= 0.6 is 0 Å². The van der Waals surface area contributed by atoms with Gasteiger partial charge in [0.15, 0.2) is 5.82 Å². The highest BCUT2D eigenvalue weighted by Crippen LogP contribution is 2.49. The van der Waals surface area contributed by atoms with Crippen LogP contribution in [0.2, 0.25) is 0 Å². The molecule has 0 bridgehead atoms. The number of piperidine rings is 1. The third-order valence-electron chi connectivity index (χ3n) is 9.72. The molecule has 1 saturated carbocycles. The number of nitrogens with zero attached hydrogens (tertiary/aromatic N) is 8. The molecule has 1 N–H and O–H groups in total. The summed E-state index contributed by atoms with van der Waals surface area (Å²) >= 11 is 0. The Morgan fingerprint density at radius 2 is 1.59 bits per heavy atom. The Kier molecular flexibility index (Phi) is 8.14. The van der Waals surface area contributed by atoms with Crippen molar-refractivity contribution in [2.75, 3.05) is 34.7 Å². The predicted octanol–water partition coefficient (Wildman–Crippen LogP) is 2.28. The first-order chi connectivity index (χ1) is 21.9. The first-order valence-corrected chi connectivity index (χ1v) is 15.8. The van der Waals surface area contributed by atoms with Crippen molar-refractivity contribution in [3.05, 3.63) is 87.0 Å². The summed E-state index contributed by atoms with van der Waals surface area (Å²) < 4.78 is 0. The largest absolute Gasteiger partial charge is 0.345 e. The summed E-state index contributed by atoms with van der Waals surface area (Å²) in [6.45, 7) is 9.73. The summed E-state index contributed by atoms with van der Waals surface area (Å²) in [7, 11) is 8.68. The van der Waals surface area contributed by atoms with Crippen LogP contribution in [0.25, 0.3) is 4.85 Å². The number of aryl methyl sites for hydroxylation is 3. The molecule has 3 amide bonds. The Morgan fingerprint density at radius 3 is 2.09 bits per heavy atom. The van der Waals surface area contributed by atoms with E-state index in [9.17, 15) is 14.4 Å². The molecule has 12 heteroatoms. The van der Waals surface area contributed by atoms with Crippen LogP contribution in [0.15, 0.2) is 36.4 Å². The highest BCUT2D eigenvalue weighted by Gasteiger charge is 2.57. The Hall–Kier alpha value is -4.63. The Morgan fingerprint density at radius 1 is 1.00 bits per heavy atom. The number of carbonyl (C=O) groups excluding carboxylic acids is 3. The monoisotopic (exact) mass is 623 g/mol. The molecular weight excluding hydrogens is 582 g/mol. The third kappa shape index (κ3) is 5.42. The fourth-order valence-electron chi connectivity index (χ4n) is 7.42. The second-order valence-corrected chi connectivity index (χ2v) is 13.3. The summed E-state index contributed by atoms with van der Waals surface area (Å²) in [5.74, 6) is 0.741. The Labute approximate surface area is 269 Å². The van der Waals surface area contributed by atoms with Gasteiger partial charge >= 0.3 is 6.17 Å². The molecule has 0 radical (unpaired) electrons. The summed E-state index contributed by atoms with van der Waals surface area (Å²) in [4.78, 5) is 49.5. The van der Waals surface area contributed by atoms with Gasteiger partial charge < -0.3 is 15.1 Å². The molecule has 0 unspecified atom stereocenters. The van der Waals surface area contributed by atoms with Crippen molar-refractivity contribution in [1.82, 2.24) is 40.2 Å². The average Bonchev–Trinajstić information content (AvgIpc) is 3.53. The lowest BCUT2D eigenvalue weighted by atomic mass is 9.67. The van der Waals surface area contributed by atoms with Gasteiger partial charge in [-0.1, -0.05) is 12.1 Å². The number of benzene rings is 2. The van der Waals surface area contributed by atoms with E-state index in [1.807, 2.05) is 43.3 Å². The molecule has 0 spiro atoms. The van der Waals surface area contributed by atoms with Crippen molar-refractivity contribution < 1.29 is 14.4 Å². The van der Waals surface area contributed by atoms with Gasteiger partial charge in [0.25, 0.3) is 11.8 Å². The molecule has 2 aliphatic carbocycles. The van der Waals surface area contributed by atoms with Gasteiger partial charge in [0.2, 0.25) is 5.91 Å². The molecule has 1 saturated heterocycles. The average molecular weight is 624 g/mol. The highest BCUT2D eigenvalue weighted by atomic mass is 16.2. The van der Waals surface area contributed by atoms with Crippen molar-refractivity contribution in [1.29, 1.82) is 0 Å². The number of amides is 3. The van der Waals surface area contributed by atoms with Crippen LogP contribution in [0.3, 0.4) is 0 Å². The van der Waals surface area contributed by atoms with E-state index in [1.54, 1.807) is 49.9 Å². The number of carbonyl (C=O) groups is 3. The molecule has 3 aromatic rings. The van der Waals surface area contributed by atoms with Crippen LogP contribution in [0, 0.1) is 12.5 Å². The van der Waals surface area contributed by atoms with Gasteiger partial charge in [-0.05, 0) is 90.3 Å². The molecule has 12 nitrogen and oxygen atoms in total. The van der Waals surface area contributed by atoms with E-state index in [0.29, 0.717) is 42.1 Å². The van der Waals surface area contributed by atoms with Crippen LogP contribution in [0.1, 0.15) is 75.0 Å². The minimum absolute atomic E-state index is 0.0510. The minimum Gasteiger partial charge on any atom is -0.345 e. The van der Waals surface area contributed by atoms with Gasteiger partial charge in [0.1, 0.15) is 0 Å². The number of hydrogen-bond donors (Lipinski definition) is 1. The smallest absolute Gasteiger partial charge is 0.301 e. The standard InChI is InChI=1S/C34H41N9O3/c1-20(36-19-30(44)43-28-16-25(28)17-29(43)35-2)18-34(33-37-39-42(7)38-33)26-12-10-23(31(45)40(3)4)14-21(26)8-9-22-15-24(11-13-27(22)34)32(46)41(5)6/h10-15,20,25,28-29,36H,8-9,16-19H2,1,3-7H3/t20-,25+,28+,29+/m1/s1. The first-order valence-electron chi connectivity index (χ1n) is 15.8. The summed E-state index contributed by atoms with van der Waals surface area (Å²) in [6, 6.07) is 11.6. The van der Waals surface area contributed by atoms with Gasteiger partial charge in [-0.25, -0.2) is 6.57 Å². The van der Waals surface area contributed by atoms with Gasteiger partial charge in [-0.15, -0.1) is 10.2 Å². The number of rotatable bonds is 8. The van der Waals surface area contributed by atoms with E-state index in [1.165, 1.54) is 4.80 Å². The van der Waals surface area contributed by atoms with E-state index < -0.39 is 5.41 Å². The lowest BCUT2D eigenvalue weighted by molar-refractivity contribution is -0.131. The molecule has 6 rings (SSSR count). The fraction of sp³-hybridized carbons (Fsp3) is 0.500. The van der Waals surface area contributed by atoms with Crippen molar-refractivity contribution in [2.45, 2.75) is 62.7 Å². The molecule has 1 aromatic heterocycles. The highest BCUT2D eigenvalue weighted by molar-refractivity contribution is 5.95. The molecule has 3 aliphatic rings. The van der Waals surface area contributed by atoms with E-state index >= 15 is 0 Å². The molecule has 240 valence electrons. The van der Waals surface area contributed by atoms with E-state index in [4.69, 9.17) is 11.7 Å². The number of nitrogens with one attached hydrogen (secondary N) is 1. The van der Waals surface area contributed by atoms with Crippen LogP contribution in [0.5, 0.6) is 0 Å². The van der Waals surface area contributed by atoms with Crippen LogP contribution in [0.4, 0.5) is 0 Å². The number of likely N-dealkylation sites (tertiary alicyclic amines) is 1. The zero-order chi connectivity index (χ0) is 32.9. The zero-order valence-electron chi connectivity index (χ0n) is 27.3. The summed E-state index contributed by atoms with van der Waals surface area (Å²) in [6.07, 6.45) is 3.15. The quantitative estimate of drug-likeness (QED) is 0.383. The van der Waals surface area contributed by atoms with Crippen molar-refractivity contribution in [3.63, 3.8) is 0 Å². The number of tetrazole rings is 1. The predicted molar refractivity (Wildman–Crippen MR) is 171 cm³/mol. The van der Waals surface area contributed by atoms with Crippen molar-refractivity contribution in [2.24, 2.45) is 13.0 Å². The van der Waals surface area contributed by atoms with Crippen LogP contribution in [-0.2, 0) is 30.1 Å². The molecule has 46 heavy (non-hydrogen) atoms. The fourth-order valence-corrected chi connectivity index (χ4v) is 7.42.